The number of aliphatic carboxylic acids is 1. The molecule has 0 bridgehead atoms. The third-order valence-corrected chi connectivity index (χ3v) is 2.80. The molecule has 1 rings (SSSR count). The smallest absolute Gasteiger partial charge is 0.304 e. The molecule has 0 saturated carbocycles. The van der Waals surface area contributed by atoms with Gasteiger partial charge >= 0.3 is 5.97 Å². The van der Waals surface area contributed by atoms with E-state index in [1.165, 1.54) is 0 Å². The molecule has 5 heteroatoms. The van der Waals surface area contributed by atoms with Crippen molar-refractivity contribution < 1.29 is 14.6 Å². The minimum absolute atomic E-state index is 0.00942. The predicted octanol–water partition coefficient (Wildman–Crippen LogP) is -0.102. The number of hydrogen-bond acceptors (Lipinski definition) is 4. The van der Waals surface area contributed by atoms with Crippen molar-refractivity contribution in [3.8, 4) is 0 Å². The Bertz CT molecular complexity index is 221. The van der Waals surface area contributed by atoms with Crippen LogP contribution in [0.3, 0.4) is 0 Å². The standard InChI is InChI=1S/C10H20N2O3/c1-7(5-10(13)14)12-3-4-15-9(6-12)8(2)11/h7-9H,3-6,11H2,1-2H3,(H,13,14). The summed E-state index contributed by atoms with van der Waals surface area (Å²) in [6.07, 6.45) is 0.195. The van der Waals surface area contributed by atoms with Crippen molar-refractivity contribution in [2.24, 2.45) is 5.73 Å². The first-order valence-electron chi connectivity index (χ1n) is 5.33. The molecule has 1 heterocycles. The lowest BCUT2D eigenvalue weighted by atomic mass is 10.1. The highest BCUT2D eigenvalue weighted by molar-refractivity contribution is 5.67. The fourth-order valence-corrected chi connectivity index (χ4v) is 1.80. The van der Waals surface area contributed by atoms with Crippen molar-refractivity contribution in [2.75, 3.05) is 19.7 Å². The number of hydrogen-bond donors (Lipinski definition) is 2. The van der Waals surface area contributed by atoms with Gasteiger partial charge in [0.05, 0.1) is 19.1 Å². The number of nitrogens with zero attached hydrogens (tertiary/aromatic N) is 1. The van der Waals surface area contributed by atoms with E-state index in [9.17, 15) is 4.79 Å². The topological polar surface area (TPSA) is 75.8 Å². The summed E-state index contributed by atoms with van der Waals surface area (Å²) in [6.45, 7) is 5.99. The van der Waals surface area contributed by atoms with Crippen LogP contribution in [0, 0.1) is 0 Å². The van der Waals surface area contributed by atoms with E-state index in [0.29, 0.717) is 6.61 Å². The van der Waals surface area contributed by atoms with Gasteiger partial charge in [0.15, 0.2) is 0 Å². The van der Waals surface area contributed by atoms with E-state index < -0.39 is 5.97 Å². The monoisotopic (exact) mass is 216 g/mol. The van der Waals surface area contributed by atoms with Crippen LogP contribution in [0.4, 0.5) is 0 Å². The van der Waals surface area contributed by atoms with Gasteiger partial charge in [-0.15, -0.1) is 0 Å². The molecule has 1 aliphatic rings. The maximum absolute atomic E-state index is 10.6. The van der Waals surface area contributed by atoms with Crippen LogP contribution in [0.2, 0.25) is 0 Å². The van der Waals surface area contributed by atoms with E-state index in [4.69, 9.17) is 15.6 Å². The molecule has 0 amide bonds. The van der Waals surface area contributed by atoms with Gasteiger partial charge in [0.25, 0.3) is 0 Å². The summed E-state index contributed by atoms with van der Waals surface area (Å²) >= 11 is 0. The zero-order valence-electron chi connectivity index (χ0n) is 9.35. The summed E-state index contributed by atoms with van der Waals surface area (Å²) in [6, 6.07) is 0.0393. The molecule has 5 nitrogen and oxygen atoms in total. The highest BCUT2D eigenvalue weighted by Crippen LogP contribution is 2.12. The number of morpholine rings is 1. The number of carboxylic acids is 1. The van der Waals surface area contributed by atoms with E-state index in [-0.39, 0.29) is 24.6 Å². The molecule has 0 aliphatic carbocycles. The molecule has 3 atom stereocenters. The predicted molar refractivity (Wildman–Crippen MR) is 56.7 cm³/mol. The van der Waals surface area contributed by atoms with Gasteiger partial charge in [0, 0.05) is 25.2 Å². The molecular formula is C10H20N2O3. The minimum atomic E-state index is -0.758. The van der Waals surface area contributed by atoms with Gasteiger partial charge in [-0.1, -0.05) is 0 Å². The first-order valence-corrected chi connectivity index (χ1v) is 5.33. The molecule has 0 aromatic heterocycles. The average molecular weight is 216 g/mol. The van der Waals surface area contributed by atoms with Crippen LogP contribution in [0.5, 0.6) is 0 Å². The lowest BCUT2D eigenvalue weighted by Crippen LogP contribution is -2.52. The van der Waals surface area contributed by atoms with Gasteiger partial charge in [-0.3, -0.25) is 9.69 Å². The zero-order chi connectivity index (χ0) is 11.4. The Morgan fingerprint density at radius 1 is 1.67 bits per heavy atom. The van der Waals surface area contributed by atoms with Gasteiger partial charge in [-0.2, -0.15) is 0 Å². The fraction of sp³-hybridized carbons (Fsp3) is 0.900. The maximum Gasteiger partial charge on any atom is 0.304 e. The number of nitrogens with two attached hydrogens (primary N) is 1. The Morgan fingerprint density at radius 3 is 2.87 bits per heavy atom. The summed E-state index contributed by atoms with van der Waals surface area (Å²) < 4.78 is 5.51. The Morgan fingerprint density at radius 2 is 2.33 bits per heavy atom. The highest BCUT2D eigenvalue weighted by atomic mass is 16.5. The molecule has 15 heavy (non-hydrogen) atoms. The van der Waals surface area contributed by atoms with Crippen molar-refractivity contribution in [1.82, 2.24) is 4.90 Å². The van der Waals surface area contributed by atoms with Crippen LogP contribution in [-0.4, -0.2) is 53.9 Å². The third kappa shape index (κ3) is 3.77. The second-order valence-electron chi connectivity index (χ2n) is 4.21. The molecule has 88 valence electrons. The quantitative estimate of drug-likeness (QED) is 0.686. The molecule has 0 spiro atoms. The molecule has 3 unspecified atom stereocenters. The largest absolute Gasteiger partial charge is 0.481 e. The van der Waals surface area contributed by atoms with Crippen molar-refractivity contribution in [3.05, 3.63) is 0 Å². The van der Waals surface area contributed by atoms with E-state index in [0.717, 1.165) is 13.1 Å². The lowest BCUT2D eigenvalue weighted by molar-refractivity contribution is -0.139. The van der Waals surface area contributed by atoms with E-state index in [1.807, 2.05) is 13.8 Å². The minimum Gasteiger partial charge on any atom is -0.481 e. The molecule has 1 aliphatic heterocycles. The number of ether oxygens (including phenoxy) is 1. The fourth-order valence-electron chi connectivity index (χ4n) is 1.80. The van der Waals surface area contributed by atoms with Gasteiger partial charge in [0.2, 0.25) is 0 Å². The molecule has 0 aromatic carbocycles. The van der Waals surface area contributed by atoms with E-state index in [1.54, 1.807) is 0 Å². The van der Waals surface area contributed by atoms with Crippen molar-refractivity contribution in [2.45, 2.75) is 38.5 Å². The SMILES string of the molecule is CC(N)C1CN(C(C)CC(=O)O)CCO1. The van der Waals surface area contributed by atoms with Crippen molar-refractivity contribution in [1.29, 1.82) is 0 Å². The van der Waals surface area contributed by atoms with Gasteiger partial charge in [-0.05, 0) is 13.8 Å². The second kappa shape index (κ2) is 5.44. The van der Waals surface area contributed by atoms with Gasteiger partial charge in [-0.25, -0.2) is 0 Å². The van der Waals surface area contributed by atoms with Crippen LogP contribution in [0.25, 0.3) is 0 Å². The first-order chi connectivity index (χ1) is 7.00. The second-order valence-corrected chi connectivity index (χ2v) is 4.21. The Hall–Kier alpha value is -0.650. The zero-order valence-corrected chi connectivity index (χ0v) is 9.35. The van der Waals surface area contributed by atoms with Gasteiger partial charge < -0.3 is 15.6 Å². The highest BCUT2D eigenvalue weighted by Gasteiger charge is 2.27. The molecule has 0 aromatic rings. The van der Waals surface area contributed by atoms with Gasteiger partial charge in [0.1, 0.15) is 0 Å². The summed E-state index contributed by atoms with van der Waals surface area (Å²) in [5.41, 5.74) is 5.76. The lowest BCUT2D eigenvalue weighted by Gasteiger charge is -2.37. The van der Waals surface area contributed by atoms with Crippen LogP contribution >= 0.6 is 0 Å². The number of carbonyl (C=O) groups is 1. The average Bonchev–Trinajstić information content (AvgIpc) is 2.17. The van der Waals surface area contributed by atoms with Crippen LogP contribution < -0.4 is 5.73 Å². The third-order valence-electron chi connectivity index (χ3n) is 2.80. The van der Waals surface area contributed by atoms with Crippen molar-refractivity contribution in [3.63, 3.8) is 0 Å². The summed E-state index contributed by atoms with van der Waals surface area (Å²) in [4.78, 5) is 12.7. The number of rotatable bonds is 4. The Kier molecular flexibility index (Phi) is 4.50. The van der Waals surface area contributed by atoms with Crippen LogP contribution in [0.1, 0.15) is 20.3 Å². The Labute approximate surface area is 90.2 Å². The molecule has 3 N–H and O–H groups in total. The van der Waals surface area contributed by atoms with Crippen LogP contribution in [0.15, 0.2) is 0 Å². The molecule has 0 radical (unpaired) electrons. The molecule has 1 fully saturated rings. The molecular weight excluding hydrogens is 196 g/mol. The van der Waals surface area contributed by atoms with Crippen molar-refractivity contribution >= 4 is 5.97 Å². The first kappa shape index (κ1) is 12.4. The Balaban J connectivity index is 2.44. The summed E-state index contributed by atoms with van der Waals surface area (Å²) in [7, 11) is 0. The normalized spacial score (nSPS) is 27.3. The molecule has 1 saturated heterocycles. The van der Waals surface area contributed by atoms with E-state index in [2.05, 4.69) is 4.90 Å². The van der Waals surface area contributed by atoms with E-state index >= 15 is 0 Å². The maximum atomic E-state index is 10.6. The number of carboxylic acid groups (broad SMARTS) is 1. The summed E-state index contributed by atoms with van der Waals surface area (Å²) in [5, 5.41) is 8.71. The van der Waals surface area contributed by atoms with Crippen LogP contribution in [-0.2, 0) is 9.53 Å². The summed E-state index contributed by atoms with van der Waals surface area (Å²) in [5.74, 6) is -0.758.